The fourth-order valence-electron chi connectivity index (χ4n) is 6.82. The molecule has 0 radical (unpaired) electrons. The number of carbonyl (C=O) groups excluding carboxylic acids is 2. The normalized spacial score (nSPS) is 11.6. The molecule has 4 aromatic carbocycles. The molecule has 0 saturated carbocycles. The number of carbonyl (C=O) groups is 2. The van der Waals surface area contributed by atoms with E-state index in [0.29, 0.717) is 24.3 Å². The first-order valence-electron chi connectivity index (χ1n) is 18.7. The molecule has 0 atom stereocenters. The van der Waals surface area contributed by atoms with Gasteiger partial charge in [0.15, 0.2) is 11.5 Å². The molecule has 0 bridgehead atoms. The van der Waals surface area contributed by atoms with Crippen molar-refractivity contribution in [3.63, 3.8) is 0 Å². The second-order valence-electron chi connectivity index (χ2n) is 13.3. The minimum atomic E-state index is -0.263. The van der Waals surface area contributed by atoms with Crippen molar-refractivity contribution in [1.29, 1.82) is 0 Å². The number of benzene rings is 4. The van der Waals surface area contributed by atoms with Crippen LogP contribution in [0.15, 0.2) is 48.5 Å². The van der Waals surface area contributed by atoms with Gasteiger partial charge in [-0.3, -0.25) is 9.59 Å². The molecule has 4 nitrogen and oxygen atoms in total. The largest absolute Gasteiger partial charge is 0.422 e. The van der Waals surface area contributed by atoms with Crippen LogP contribution in [0.2, 0.25) is 0 Å². The van der Waals surface area contributed by atoms with Gasteiger partial charge < -0.3 is 9.47 Å². The van der Waals surface area contributed by atoms with E-state index in [-0.39, 0.29) is 11.9 Å². The van der Waals surface area contributed by atoms with Crippen molar-refractivity contribution in [3.8, 4) is 11.5 Å². The summed E-state index contributed by atoms with van der Waals surface area (Å²) in [6.07, 6.45) is 25.0. The quantitative estimate of drug-likeness (QED) is 0.0336. The Morgan fingerprint density at radius 2 is 0.761 bits per heavy atom. The molecule has 0 unspecified atom stereocenters. The van der Waals surface area contributed by atoms with Gasteiger partial charge in [-0.2, -0.15) is 0 Å². The Hall–Kier alpha value is -3.14. The number of hydrogen-bond donors (Lipinski definition) is 0. The molecule has 4 heteroatoms. The van der Waals surface area contributed by atoms with Gasteiger partial charge in [0.1, 0.15) is 0 Å². The Kier molecular flexibility index (Phi) is 15.7. The molecule has 0 aliphatic carbocycles. The number of esters is 2. The Morgan fingerprint density at radius 1 is 0.435 bits per heavy atom. The van der Waals surface area contributed by atoms with E-state index in [2.05, 4.69) is 38.1 Å². The summed E-state index contributed by atoms with van der Waals surface area (Å²) in [5, 5.41) is 5.89. The van der Waals surface area contributed by atoms with Crippen LogP contribution in [-0.2, 0) is 9.59 Å². The second-order valence-corrected chi connectivity index (χ2v) is 13.3. The summed E-state index contributed by atoms with van der Waals surface area (Å²) >= 11 is 0. The van der Waals surface area contributed by atoms with Crippen molar-refractivity contribution in [2.24, 2.45) is 0 Å². The highest BCUT2D eigenvalue weighted by molar-refractivity contribution is 6.27. The Balaban J connectivity index is 1.37. The lowest BCUT2D eigenvalue weighted by Crippen LogP contribution is -2.13. The molecule has 46 heavy (non-hydrogen) atoms. The van der Waals surface area contributed by atoms with E-state index in [1.807, 2.05) is 24.3 Å². The van der Waals surface area contributed by atoms with E-state index in [4.69, 9.17) is 9.47 Å². The Morgan fingerprint density at radius 3 is 1.11 bits per heavy atom. The molecule has 4 aromatic rings. The van der Waals surface area contributed by atoms with Crippen molar-refractivity contribution in [1.82, 2.24) is 0 Å². The average molecular weight is 627 g/mol. The summed E-state index contributed by atoms with van der Waals surface area (Å²) in [6.45, 7) is 4.51. The molecule has 0 aliphatic rings. The van der Waals surface area contributed by atoms with E-state index >= 15 is 0 Å². The van der Waals surface area contributed by atoms with Gasteiger partial charge in [-0.15, -0.1) is 0 Å². The van der Waals surface area contributed by atoms with Crippen LogP contribution in [0, 0.1) is 0 Å². The third kappa shape index (κ3) is 10.7. The molecule has 0 heterocycles. The predicted octanol–water partition coefficient (Wildman–Crippen LogP) is 13.0. The summed E-state index contributed by atoms with van der Waals surface area (Å²) in [4.78, 5) is 26.5. The van der Waals surface area contributed by atoms with Crippen LogP contribution >= 0.6 is 0 Å². The maximum atomic E-state index is 13.2. The molecule has 0 amide bonds. The predicted molar refractivity (Wildman–Crippen MR) is 194 cm³/mol. The number of rotatable bonds is 24. The second kappa shape index (κ2) is 20.2. The molecule has 0 aliphatic heterocycles. The van der Waals surface area contributed by atoms with Gasteiger partial charge in [0.2, 0.25) is 0 Å². The zero-order chi connectivity index (χ0) is 32.4. The molecular weight excluding hydrogens is 568 g/mol. The van der Waals surface area contributed by atoms with Crippen LogP contribution in [0.1, 0.15) is 155 Å². The highest BCUT2D eigenvalue weighted by Crippen LogP contribution is 2.47. The van der Waals surface area contributed by atoms with Gasteiger partial charge in [0.25, 0.3) is 0 Å². The van der Waals surface area contributed by atoms with Gasteiger partial charge >= 0.3 is 11.9 Å². The summed E-state index contributed by atoms with van der Waals surface area (Å²) < 4.78 is 12.3. The van der Waals surface area contributed by atoms with Crippen molar-refractivity contribution >= 4 is 44.3 Å². The monoisotopic (exact) mass is 626 g/mol. The molecule has 0 aromatic heterocycles. The summed E-state index contributed by atoms with van der Waals surface area (Å²) in [6, 6.07) is 16.3. The maximum absolute atomic E-state index is 13.2. The van der Waals surface area contributed by atoms with Gasteiger partial charge in [-0.05, 0) is 23.6 Å². The lowest BCUT2D eigenvalue weighted by Gasteiger charge is -2.19. The third-order valence-corrected chi connectivity index (χ3v) is 9.48. The Labute approximate surface area is 277 Å². The van der Waals surface area contributed by atoms with Gasteiger partial charge in [0.05, 0.1) is 0 Å². The number of ether oxygens (including phenoxy) is 2. The first-order valence-corrected chi connectivity index (χ1v) is 18.7. The zero-order valence-corrected chi connectivity index (χ0v) is 28.8. The fraction of sp³-hybridized carbons (Fsp3) is 0.571. The third-order valence-electron chi connectivity index (χ3n) is 9.48. The van der Waals surface area contributed by atoms with Crippen LogP contribution in [0.25, 0.3) is 32.3 Å². The maximum Gasteiger partial charge on any atom is 0.311 e. The lowest BCUT2D eigenvalue weighted by molar-refractivity contribution is -0.137. The molecular formula is C42H58O4. The van der Waals surface area contributed by atoms with Crippen molar-refractivity contribution < 1.29 is 19.1 Å². The molecule has 0 spiro atoms. The molecule has 250 valence electrons. The standard InChI is InChI=1S/C42H58O4/c1-3-5-7-9-11-13-15-17-19-21-29-37(43)45-41-35-27-23-25-33-31-32-34-26-24-28-36(40(34)39(33)35)42(41)46-38(44)30-22-20-18-16-14-12-10-8-6-4-2/h23-28,31-32H,3-22,29-30H2,1-2H3. The molecule has 0 saturated heterocycles. The van der Waals surface area contributed by atoms with E-state index in [1.165, 1.54) is 89.9 Å². The van der Waals surface area contributed by atoms with Crippen molar-refractivity contribution in [3.05, 3.63) is 48.5 Å². The van der Waals surface area contributed by atoms with Gasteiger partial charge in [-0.25, -0.2) is 0 Å². The summed E-state index contributed by atoms with van der Waals surface area (Å²) in [5.41, 5.74) is 0. The summed E-state index contributed by atoms with van der Waals surface area (Å²) in [7, 11) is 0. The van der Waals surface area contributed by atoms with Crippen LogP contribution in [0.5, 0.6) is 11.5 Å². The number of unbranched alkanes of at least 4 members (excludes halogenated alkanes) is 18. The van der Waals surface area contributed by atoms with Gasteiger partial charge in [0, 0.05) is 34.4 Å². The molecule has 4 rings (SSSR count). The van der Waals surface area contributed by atoms with Crippen LogP contribution in [0.4, 0.5) is 0 Å². The summed E-state index contributed by atoms with van der Waals surface area (Å²) in [5.74, 6) is 0.235. The first-order chi connectivity index (χ1) is 22.6. The highest BCUT2D eigenvalue weighted by atomic mass is 16.6. The van der Waals surface area contributed by atoms with E-state index in [1.54, 1.807) is 0 Å². The van der Waals surface area contributed by atoms with Gasteiger partial charge in [-0.1, -0.05) is 178 Å². The molecule has 0 N–H and O–H groups in total. The fourth-order valence-corrected chi connectivity index (χ4v) is 6.82. The van der Waals surface area contributed by atoms with Crippen LogP contribution < -0.4 is 9.47 Å². The van der Waals surface area contributed by atoms with Crippen LogP contribution in [0.3, 0.4) is 0 Å². The van der Waals surface area contributed by atoms with Crippen LogP contribution in [-0.4, -0.2) is 11.9 Å². The molecule has 0 fully saturated rings. The van der Waals surface area contributed by atoms with E-state index in [9.17, 15) is 9.59 Å². The minimum Gasteiger partial charge on any atom is -0.422 e. The van der Waals surface area contributed by atoms with E-state index < -0.39 is 0 Å². The zero-order valence-electron chi connectivity index (χ0n) is 28.8. The van der Waals surface area contributed by atoms with Crippen molar-refractivity contribution in [2.45, 2.75) is 155 Å². The lowest BCUT2D eigenvalue weighted by atomic mass is 9.93. The SMILES string of the molecule is CCCCCCCCCCCCC(=O)Oc1c(OC(=O)CCCCCCCCCCCC)c2cccc3ccc4cccc1c4c32. The first kappa shape index (κ1) is 35.7. The topological polar surface area (TPSA) is 52.6 Å². The smallest absolute Gasteiger partial charge is 0.311 e. The average Bonchev–Trinajstić information content (AvgIpc) is 3.07. The Bertz CT molecular complexity index is 1360. The van der Waals surface area contributed by atoms with Crippen molar-refractivity contribution in [2.75, 3.05) is 0 Å². The minimum absolute atomic E-state index is 0.263. The highest BCUT2D eigenvalue weighted by Gasteiger charge is 2.23. The number of hydrogen-bond acceptors (Lipinski definition) is 4. The van der Waals surface area contributed by atoms with E-state index in [0.717, 1.165) is 70.8 Å².